The average molecular weight is 435 g/mol. The first-order chi connectivity index (χ1) is 12.9. The first-order valence-corrected chi connectivity index (χ1v) is 9.41. The van der Waals surface area contributed by atoms with E-state index in [0.717, 1.165) is 10.0 Å². The lowest BCUT2D eigenvalue weighted by atomic mass is 9.99. The minimum atomic E-state index is -0.618. The zero-order valence-electron chi connectivity index (χ0n) is 15.0. The number of nitrogens with one attached hydrogen (secondary N) is 1. The number of rotatable bonds is 3. The fourth-order valence-electron chi connectivity index (χ4n) is 3.22. The Labute approximate surface area is 165 Å². The van der Waals surface area contributed by atoms with Crippen molar-refractivity contribution in [3.05, 3.63) is 63.9 Å². The van der Waals surface area contributed by atoms with Gasteiger partial charge in [-0.15, -0.1) is 0 Å². The summed E-state index contributed by atoms with van der Waals surface area (Å²) in [6.07, 6.45) is -0.294. The van der Waals surface area contributed by atoms with E-state index >= 15 is 0 Å². The molecule has 0 aliphatic carbocycles. The summed E-state index contributed by atoms with van der Waals surface area (Å²) >= 11 is 3.40. The van der Waals surface area contributed by atoms with Gasteiger partial charge in [0.1, 0.15) is 11.9 Å². The first kappa shape index (κ1) is 19.5. The summed E-state index contributed by atoms with van der Waals surface area (Å²) in [7, 11) is 0. The molecule has 142 valence electrons. The van der Waals surface area contributed by atoms with Crippen molar-refractivity contribution in [2.45, 2.75) is 26.0 Å². The van der Waals surface area contributed by atoms with Crippen molar-refractivity contribution in [3.63, 3.8) is 0 Å². The van der Waals surface area contributed by atoms with Gasteiger partial charge in [0.25, 0.3) is 5.91 Å². The summed E-state index contributed by atoms with van der Waals surface area (Å²) in [6.45, 7) is 3.98. The quantitative estimate of drug-likeness (QED) is 0.788. The Morgan fingerprint density at radius 3 is 2.59 bits per heavy atom. The van der Waals surface area contributed by atoms with E-state index in [4.69, 9.17) is 4.74 Å². The number of benzene rings is 2. The summed E-state index contributed by atoms with van der Waals surface area (Å²) in [5, 5.41) is 2.58. The summed E-state index contributed by atoms with van der Waals surface area (Å²) in [6, 6.07) is 11.4. The largest absolute Gasteiger partial charge is 0.370 e. The van der Waals surface area contributed by atoms with Crippen molar-refractivity contribution in [1.82, 2.24) is 4.90 Å². The van der Waals surface area contributed by atoms with Crippen LogP contribution in [0.4, 0.5) is 10.1 Å². The van der Waals surface area contributed by atoms with Gasteiger partial charge >= 0.3 is 0 Å². The highest BCUT2D eigenvalue weighted by Gasteiger charge is 2.34. The zero-order chi connectivity index (χ0) is 19.6. The fourth-order valence-corrected chi connectivity index (χ4v) is 3.49. The van der Waals surface area contributed by atoms with Gasteiger partial charge in [-0.25, -0.2) is 4.39 Å². The SMILES string of the molecule is CC(=O)Nc1ccc(F)c(C(=O)N2CCOC(c3ccc(Br)cc3)C2C)c1. The van der Waals surface area contributed by atoms with Crippen LogP contribution in [0, 0.1) is 5.82 Å². The maximum absolute atomic E-state index is 14.3. The molecular weight excluding hydrogens is 415 g/mol. The molecule has 2 aromatic carbocycles. The van der Waals surface area contributed by atoms with E-state index in [-0.39, 0.29) is 23.6 Å². The van der Waals surface area contributed by atoms with Crippen LogP contribution < -0.4 is 5.32 Å². The Bertz CT molecular complexity index is 857. The van der Waals surface area contributed by atoms with E-state index in [1.54, 1.807) is 4.90 Å². The second kappa shape index (κ2) is 8.19. The molecule has 2 atom stereocenters. The molecule has 1 aliphatic rings. The van der Waals surface area contributed by atoms with Gasteiger partial charge in [0.05, 0.1) is 18.2 Å². The van der Waals surface area contributed by atoms with Crippen LogP contribution in [0.5, 0.6) is 0 Å². The van der Waals surface area contributed by atoms with E-state index in [0.29, 0.717) is 18.8 Å². The normalized spacial score (nSPS) is 19.6. The topological polar surface area (TPSA) is 58.6 Å². The molecule has 1 heterocycles. The number of carbonyl (C=O) groups excluding carboxylic acids is 2. The molecule has 5 nitrogen and oxygen atoms in total. The van der Waals surface area contributed by atoms with Crippen LogP contribution in [0.1, 0.15) is 35.9 Å². The van der Waals surface area contributed by atoms with Crippen LogP contribution in [0.2, 0.25) is 0 Å². The maximum atomic E-state index is 14.3. The first-order valence-electron chi connectivity index (χ1n) is 8.62. The van der Waals surface area contributed by atoms with Crippen molar-refractivity contribution < 1.29 is 18.7 Å². The third-order valence-electron chi connectivity index (χ3n) is 4.54. The van der Waals surface area contributed by atoms with Crippen LogP contribution in [-0.4, -0.2) is 35.9 Å². The van der Waals surface area contributed by atoms with Crippen molar-refractivity contribution in [3.8, 4) is 0 Å². The standard InChI is InChI=1S/C20H20BrFN2O3/c1-12-19(14-3-5-15(21)6-4-14)27-10-9-24(12)20(26)17-11-16(23-13(2)25)7-8-18(17)22/h3-8,11-12,19H,9-10H2,1-2H3,(H,23,25). The third-order valence-corrected chi connectivity index (χ3v) is 5.06. The Hall–Kier alpha value is -2.25. The van der Waals surface area contributed by atoms with Gasteiger partial charge in [-0.05, 0) is 42.8 Å². The van der Waals surface area contributed by atoms with Gasteiger partial charge in [0.15, 0.2) is 0 Å². The minimum absolute atomic E-state index is 0.0652. The maximum Gasteiger partial charge on any atom is 0.257 e. The van der Waals surface area contributed by atoms with Crippen LogP contribution in [-0.2, 0) is 9.53 Å². The highest BCUT2D eigenvalue weighted by Crippen LogP contribution is 2.31. The Morgan fingerprint density at radius 2 is 1.93 bits per heavy atom. The molecule has 7 heteroatoms. The lowest BCUT2D eigenvalue weighted by molar-refractivity contribution is -0.114. The van der Waals surface area contributed by atoms with Crippen LogP contribution >= 0.6 is 15.9 Å². The van der Waals surface area contributed by atoms with E-state index in [9.17, 15) is 14.0 Å². The molecule has 0 radical (unpaired) electrons. The number of ether oxygens (including phenoxy) is 1. The highest BCUT2D eigenvalue weighted by molar-refractivity contribution is 9.10. The molecule has 1 aliphatic heterocycles. The third kappa shape index (κ3) is 4.36. The fraction of sp³-hybridized carbons (Fsp3) is 0.300. The van der Waals surface area contributed by atoms with Gasteiger partial charge in [-0.2, -0.15) is 0 Å². The number of carbonyl (C=O) groups is 2. The molecular formula is C20H20BrFN2O3. The molecule has 0 bridgehead atoms. The lowest BCUT2D eigenvalue weighted by Gasteiger charge is -2.39. The van der Waals surface area contributed by atoms with Crippen molar-refractivity contribution in [1.29, 1.82) is 0 Å². The zero-order valence-corrected chi connectivity index (χ0v) is 16.6. The summed E-state index contributed by atoms with van der Waals surface area (Å²) in [5.74, 6) is -1.32. The summed E-state index contributed by atoms with van der Waals surface area (Å²) in [4.78, 5) is 25.9. The molecule has 2 aromatic rings. The second-order valence-corrected chi connectivity index (χ2v) is 7.37. The van der Waals surface area contributed by atoms with Crippen LogP contribution in [0.3, 0.4) is 0 Å². The molecule has 2 amide bonds. The Kier molecular flexibility index (Phi) is 5.92. The predicted octanol–water partition coefficient (Wildman–Crippen LogP) is 4.15. The average Bonchev–Trinajstić information content (AvgIpc) is 2.63. The predicted molar refractivity (Wildman–Crippen MR) is 104 cm³/mol. The van der Waals surface area contributed by atoms with Crippen molar-refractivity contribution in [2.24, 2.45) is 0 Å². The molecule has 0 saturated carbocycles. The van der Waals surface area contributed by atoms with Crippen molar-refractivity contribution in [2.75, 3.05) is 18.5 Å². The molecule has 27 heavy (non-hydrogen) atoms. The van der Waals surface area contributed by atoms with Gasteiger partial charge in [0, 0.05) is 23.6 Å². The Morgan fingerprint density at radius 1 is 1.22 bits per heavy atom. The second-order valence-electron chi connectivity index (χ2n) is 6.46. The lowest BCUT2D eigenvalue weighted by Crippen LogP contribution is -2.48. The highest BCUT2D eigenvalue weighted by atomic mass is 79.9. The van der Waals surface area contributed by atoms with Crippen molar-refractivity contribution >= 4 is 33.4 Å². The number of anilines is 1. The van der Waals surface area contributed by atoms with E-state index in [2.05, 4.69) is 21.2 Å². The molecule has 1 N–H and O–H groups in total. The summed E-state index contributed by atoms with van der Waals surface area (Å²) in [5.41, 5.74) is 1.28. The number of morpholine rings is 1. The van der Waals surface area contributed by atoms with Gasteiger partial charge in [-0.1, -0.05) is 28.1 Å². The van der Waals surface area contributed by atoms with Crippen LogP contribution in [0.25, 0.3) is 0 Å². The number of amides is 2. The molecule has 1 fully saturated rings. The van der Waals surface area contributed by atoms with E-state index < -0.39 is 11.7 Å². The number of hydrogen-bond acceptors (Lipinski definition) is 3. The Balaban J connectivity index is 1.85. The number of nitrogens with zero attached hydrogens (tertiary/aromatic N) is 1. The monoisotopic (exact) mass is 434 g/mol. The minimum Gasteiger partial charge on any atom is -0.370 e. The van der Waals surface area contributed by atoms with Crippen LogP contribution in [0.15, 0.2) is 46.9 Å². The molecule has 1 saturated heterocycles. The van der Waals surface area contributed by atoms with Gasteiger partial charge in [-0.3, -0.25) is 9.59 Å². The number of hydrogen-bond donors (Lipinski definition) is 1. The van der Waals surface area contributed by atoms with Gasteiger partial charge < -0.3 is 15.0 Å². The molecule has 3 rings (SSSR count). The van der Waals surface area contributed by atoms with E-state index in [1.807, 2.05) is 31.2 Å². The smallest absolute Gasteiger partial charge is 0.257 e. The van der Waals surface area contributed by atoms with Gasteiger partial charge in [0.2, 0.25) is 5.91 Å². The summed E-state index contributed by atoms with van der Waals surface area (Å²) < 4.78 is 21.1. The van der Waals surface area contributed by atoms with E-state index in [1.165, 1.54) is 25.1 Å². The molecule has 2 unspecified atom stereocenters. The number of halogens is 2. The molecule has 0 aromatic heterocycles. The molecule has 0 spiro atoms.